The first-order valence-electron chi connectivity index (χ1n) is 7.85. The lowest BCUT2D eigenvalue weighted by atomic mass is 10.1. The summed E-state index contributed by atoms with van der Waals surface area (Å²) in [5, 5.41) is 4.78. The zero-order valence-corrected chi connectivity index (χ0v) is 14.5. The van der Waals surface area contributed by atoms with E-state index in [1.54, 1.807) is 24.3 Å². The molecule has 1 fully saturated rings. The highest BCUT2D eigenvalue weighted by Crippen LogP contribution is 2.19. The number of hydrogen-bond donors (Lipinski definition) is 2. The van der Waals surface area contributed by atoms with Crippen LogP contribution in [0.4, 0.5) is 19.3 Å². The van der Waals surface area contributed by atoms with Crippen LogP contribution in [0.1, 0.15) is 25.7 Å². The zero-order valence-electron chi connectivity index (χ0n) is 13.0. The Hall–Kier alpha value is -1.21. The number of nitrogens with zero attached hydrogens (tertiary/aromatic N) is 1. The molecule has 1 aliphatic heterocycles. The van der Waals surface area contributed by atoms with E-state index in [0.29, 0.717) is 12.2 Å². The lowest BCUT2D eigenvalue weighted by Gasteiger charge is -2.28. The van der Waals surface area contributed by atoms with Crippen LogP contribution in [0.15, 0.2) is 28.7 Å². The van der Waals surface area contributed by atoms with Crippen LogP contribution in [-0.4, -0.2) is 43.0 Å². The van der Waals surface area contributed by atoms with Crippen molar-refractivity contribution in [2.45, 2.75) is 31.6 Å². The third kappa shape index (κ3) is 6.83. The van der Waals surface area contributed by atoms with Crippen molar-refractivity contribution in [2.24, 2.45) is 0 Å². The number of rotatable bonds is 6. The summed E-state index contributed by atoms with van der Waals surface area (Å²) in [7, 11) is 0. The molecular weight excluding hydrogens is 368 g/mol. The second-order valence-corrected chi connectivity index (χ2v) is 6.74. The van der Waals surface area contributed by atoms with E-state index < -0.39 is 18.5 Å². The maximum absolute atomic E-state index is 13.9. The fourth-order valence-electron chi connectivity index (χ4n) is 2.51. The molecule has 23 heavy (non-hydrogen) atoms. The molecule has 1 saturated heterocycles. The minimum atomic E-state index is -2.89. The van der Waals surface area contributed by atoms with Crippen molar-refractivity contribution in [3.8, 4) is 0 Å². The van der Waals surface area contributed by atoms with E-state index in [4.69, 9.17) is 0 Å². The van der Waals surface area contributed by atoms with E-state index >= 15 is 0 Å². The van der Waals surface area contributed by atoms with Gasteiger partial charge in [-0.3, -0.25) is 0 Å². The van der Waals surface area contributed by atoms with Gasteiger partial charge in [-0.2, -0.15) is 0 Å². The van der Waals surface area contributed by atoms with Crippen molar-refractivity contribution in [3.63, 3.8) is 0 Å². The summed E-state index contributed by atoms with van der Waals surface area (Å²) >= 11 is 3.29. The molecule has 2 amide bonds. The second kappa shape index (κ2) is 8.59. The van der Waals surface area contributed by atoms with Gasteiger partial charge in [-0.15, -0.1) is 0 Å². The number of nitrogens with one attached hydrogen (secondary N) is 2. The third-order valence-corrected chi connectivity index (χ3v) is 4.38. The first-order chi connectivity index (χ1) is 10.9. The minimum absolute atomic E-state index is 0.231. The van der Waals surface area contributed by atoms with Crippen LogP contribution >= 0.6 is 15.9 Å². The van der Waals surface area contributed by atoms with Gasteiger partial charge in [0, 0.05) is 23.1 Å². The summed E-state index contributed by atoms with van der Waals surface area (Å²) in [4.78, 5) is 13.7. The number of carbonyl (C=O) groups excluding carboxylic acids is 1. The molecule has 1 heterocycles. The van der Waals surface area contributed by atoms with Gasteiger partial charge in [0.05, 0.1) is 6.54 Å². The number of hydrogen-bond acceptors (Lipinski definition) is 2. The van der Waals surface area contributed by atoms with Crippen LogP contribution in [0.3, 0.4) is 0 Å². The minimum Gasteiger partial charge on any atom is -0.332 e. The maximum atomic E-state index is 13.9. The lowest BCUT2D eigenvalue weighted by Crippen LogP contribution is -2.41. The van der Waals surface area contributed by atoms with Crippen LogP contribution in [-0.2, 0) is 0 Å². The predicted octanol–water partition coefficient (Wildman–Crippen LogP) is 4.08. The Balaban J connectivity index is 1.69. The van der Waals surface area contributed by atoms with Crippen molar-refractivity contribution in [3.05, 3.63) is 28.7 Å². The van der Waals surface area contributed by atoms with Gasteiger partial charge in [0.1, 0.15) is 0 Å². The predicted molar refractivity (Wildman–Crippen MR) is 91.0 cm³/mol. The first-order valence-corrected chi connectivity index (χ1v) is 8.64. The van der Waals surface area contributed by atoms with Gasteiger partial charge in [-0.25, -0.2) is 13.6 Å². The molecule has 0 unspecified atom stereocenters. The molecule has 4 nitrogen and oxygen atoms in total. The van der Waals surface area contributed by atoms with Crippen LogP contribution < -0.4 is 10.6 Å². The third-order valence-electron chi connectivity index (χ3n) is 3.85. The molecule has 1 aromatic carbocycles. The van der Waals surface area contributed by atoms with Gasteiger partial charge in [0.15, 0.2) is 0 Å². The van der Waals surface area contributed by atoms with E-state index in [2.05, 4.69) is 31.5 Å². The highest BCUT2D eigenvalue weighted by atomic mass is 79.9. The Labute approximate surface area is 143 Å². The van der Waals surface area contributed by atoms with Gasteiger partial charge in [0.25, 0.3) is 5.92 Å². The second-order valence-electron chi connectivity index (χ2n) is 5.82. The average molecular weight is 390 g/mol. The number of carbonyl (C=O) groups is 1. The largest absolute Gasteiger partial charge is 0.332 e. The molecule has 128 valence electrons. The van der Waals surface area contributed by atoms with Crippen molar-refractivity contribution in [2.75, 3.05) is 31.5 Å². The van der Waals surface area contributed by atoms with E-state index in [0.717, 1.165) is 30.4 Å². The summed E-state index contributed by atoms with van der Waals surface area (Å²) in [6.07, 6.45) is 3.12. The summed E-state index contributed by atoms with van der Waals surface area (Å²) in [6, 6.07) is 6.30. The highest BCUT2D eigenvalue weighted by Gasteiger charge is 2.30. The van der Waals surface area contributed by atoms with Gasteiger partial charge in [0.2, 0.25) is 0 Å². The Morgan fingerprint density at radius 3 is 2.48 bits per heavy atom. The summed E-state index contributed by atoms with van der Waals surface area (Å²) in [5.41, 5.74) is 0.558. The van der Waals surface area contributed by atoms with Gasteiger partial charge < -0.3 is 15.5 Å². The van der Waals surface area contributed by atoms with Crippen LogP contribution in [0.25, 0.3) is 0 Å². The van der Waals surface area contributed by atoms with E-state index in [1.807, 2.05) is 0 Å². The SMILES string of the molecule is O=C(NCC(F)(F)CCN1CCCCC1)Nc1ccc(Br)cc1. The molecule has 0 spiro atoms. The number of amides is 2. The zero-order chi connectivity index (χ0) is 16.7. The van der Waals surface area contributed by atoms with E-state index in [-0.39, 0.29) is 6.42 Å². The topological polar surface area (TPSA) is 44.4 Å². The summed E-state index contributed by atoms with van der Waals surface area (Å²) in [5.74, 6) is -2.89. The van der Waals surface area contributed by atoms with E-state index in [1.165, 1.54) is 6.42 Å². The van der Waals surface area contributed by atoms with Crippen molar-refractivity contribution in [1.82, 2.24) is 10.2 Å². The number of likely N-dealkylation sites (tertiary alicyclic amines) is 1. The lowest BCUT2D eigenvalue weighted by molar-refractivity contribution is -0.0133. The van der Waals surface area contributed by atoms with Gasteiger partial charge >= 0.3 is 6.03 Å². The molecule has 1 aromatic rings. The first kappa shape index (κ1) is 18.1. The molecule has 2 N–H and O–H groups in total. The van der Waals surface area contributed by atoms with Crippen LogP contribution in [0.2, 0.25) is 0 Å². The smallest absolute Gasteiger partial charge is 0.319 e. The Bertz CT molecular complexity index is 505. The average Bonchev–Trinajstić information content (AvgIpc) is 2.55. The maximum Gasteiger partial charge on any atom is 0.319 e. The molecule has 2 rings (SSSR count). The molecule has 0 aliphatic carbocycles. The van der Waals surface area contributed by atoms with Crippen molar-refractivity contribution >= 4 is 27.6 Å². The quantitative estimate of drug-likeness (QED) is 0.769. The van der Waals surface area contributed by atoms with Gasteiger partial charge in [-0.1, -0.05) is 22.4 Å². The Morgan fingerprint density at radius 1 is 1.17 bits per heavy atom. The van der Waals surface area contributed by atoms with Crippen molar-refractivity contribution < 1.29 is 13.6 Å². The molecule has 0 saturated carbocycles. The Morgan fingerprint density at radius 2 is 1.83 bits per heavy atom. The van der Waals surface area contributed by atoms with Crippen molar-refractivity contribution in [1.29, 1.82) is 0 Å². The monoisotopic (exact) mass is 389 g/mol. The number of alkyl halides is 2. The standard InChI is InChI=1S/C16H22BrF2N3O/c17-13-4-6-14(7-5-13)21-15(23)20-12-16(18,19)8-11-22-9-2-1-3-10-22/h4-7H,1-3,8-12H2,(H2,20,21,23). The number of halogens is 3. The number of piperidine rings is 1. The molecule has 7 heteroatoms. The number of anilines is 1. The van der Waals surface area contributed by atoms with Crippen LogP contribution in [0.5, 0.6) is 0 Å². The number of benzene rings is 1. The molecule has 0 radical (unpaired) electrons. The molecule has 0 atom stereocenters. The molecular formula is C16H22BrF2N3O. The molecule has 0 bridgehead atoms. The van der Waals surface area contributed by atoms with Gasteiger partial charge in [-0.05, 0) is 50.2 Å². The Kier molecular flexibility index (Phi) is 6.77. The summed E-state index contributed by atoms with van der Waals surface area (Å²) in [6.45, 7) is 1.52. The fraction of sp³-hybridized carbons (Fsp3) is 0.562. The molecule has 1 aliphatic rings. The summed E-state index contributed by atoms with van der Waals surface area (Å²) < 4.78 is 28.6. The van der Waals surface area contributed by atoms with E-state index in [9.17, 15) is 13.6 Å². The highest BCUT2D eigenvalue weighted by molar-refractivity contribution is 9.10. The normalized spacial score (nSPS) is 16.1. The number of urea groups is 1. The molecule has 0 aromatic heterocycles. The van der Waals surface area contributed by atoms with Crippen LogP contribution in [0, 0.1) is 0 Å². The fourth-order valence-corrected chi connectivity index (χ4v) is 2.78.